The summed E-state index contributed by atoms with van der Waals surface area (Å²) in [4.78, 5) is 42.6. The van der Waals surface area contributed by atoms with Crippen LogP contribution < -0.4 is 10.6 Å². The first kappa shape index (κ1) is 31.0. The van der Waals surface area contributed by atoms with E-state index in [0.29, 0.717) is 5.69 Å². The third-order valence-electron chi connectivity index (χ3n) is 6.94. The fourth-order valence-electron chi connectivity index (χ4n) is 5.03. The standard InChI is InChI=1S/C34H38N4O5/c1-24(36-32(41)43-33(2,3)4)30(39)37-29(31(40)42-5)21-28-22-38(23-35-28)34(25-15-9-6-10-16-25,26-17-11-7-12-18-26)27-19-13-8-14-20-27/h6-20,22-24,29H,21H2,1-5H3,(H,36,41)(H,37,39)/t24-,29-/m0/s1. The van der Waals surface area contributed by atoms with E-state index in [9.17, 15) is 14.4 Å². The van der Waals surface area contributed by atoms with Crippen molar-refractivity contribution in [2.45, 2.75) is 57.3 Å². The van der Waals surface area contributed by atoms with Crippen LogP contribution in [-0.2, 0) is 31.0 Å². The number of carbonyl (C=O) groups excluding carboxylic acids is 3. The maximum Gasteiger partial charge on any atom is 0.408 e. The van der Waals surface area contributed by atoms with Crippen molar-refractivity contribution in [1.29, 1.82) is 0 Å². The molecule has 0 bridgehead atoms. The van der Waals surface area contributed by atoms with E-state index < -0.39 is 41.2 Å². The first-order valence-corrected chi connectivity index (χ1v) is 14.1. The van der Waals surface area contributed by atoms with E-state index >= 15 is 0 Å². The van der Waals surface area contributed by atoms with Crippen molar-refractivity contribution in [2.75, 3.05) is 7.11 Å². The molecular weight excluding hydrogens is 544 g/mol. The summed E-state index contributed by atoms with van der Waals surface area (Å²) in [5.74, 6) is -1.19. The van der Waals surface area contributed by atoms with Gasteiger partial charge in [-0.15, -0.1) is 0 Å². The van der Waals surface area contributed by atoms with E-state index in [1.165, 1.54) is 14.0 Å². The number of carbonyl (C=O) groups is 3. The third kappa shape index (κ3) is 7.30. The molecule has 2 atom stereocenters. The highest BCUT2D eigenvalue weighted by Crippen LogP contribution is 2.40. The average Bonchev–Trinajstić information content (AvgIpc) is 3.46. The minimum absolute atomic E-state index is 0.0685. The second-order valence-corrected chi connectivity index (χ2v) is 11.2. The van der Waals surface area contributed by atoms with Gasteiger partial charge in [-0.2, -0.15) is 0 Å². The van der Waals surface area contributed by atoms with Gasteiger partial charge in [0.15, 0.2) is 0 Å². The minimum atomic E-state index is -1.04. The summed E-state index contributed by atoms with van der Waals surface area (Å²) in [5.41, 5.74) is 2.15. The second kappa shape index (κ2) is 13.4. The Morgan fingerprint density at radius 1 is 0.814 bits per heavy atom. The lowest BCUT2D eigenvalue weighted by Crippen LogP contribution is -2.52. The maximum absolute atomic E-state index is 13.0. The molecule has 224 valence electrons. The zero-order chi connectivity index (χ0) is 31.0. The molecule has 0 saturated carbocycles. The molecule has 0 aliphatic heterocycles. The highest BCUT2D eigenvalue weighted by molar-refractivity contribution is 5.89. The van der Waals surface area contributed by atoms with E-state index in [-0.39, 0.29) is 6.42 Å². The summed E-state index contributed by atoms with van der Waals surface area (Å²) in [6, 6.07) is 28.4. The number of ether oxygens (including phenoxy) is 2. The summed E-state index contributed by atoms with van der Waals surface area (Å²) in [6.45, 7) is 6.69. The predicted octanol–water partition coefficient (Wildman–Crippen LogP) is 4.84. The number of nitrogens with zero attached hydrogens (tertiary/aromatic N) is 2. The zero-order valence-corrected chi connectivity index (χ0v) is 25.1. The number of amides is 2. The molecule has 0 aliphatic rings. The Morgan fingerprint density at radius 2 is 1.30 bits per heavy atom. The Morgan fingerprint density at radius 3 is 1.74 bits per heavy atom. The molecule has 1 aromatic heterocycles. The fourth-order valence-corrected chi connectivity index (χ4v) is 5.03. The van der Waals surface area contributed by atoms with Crippen LogP contribution in [-0.4, -0.2) is 52.3 Å². The van der Waals surface area contributed by atoms with Crippen molar-refractivity contribution in [3.63, 3.8) is 0 Å². The molecule has 2 amide bonds. The summed E-state index contributed by atoms with van der Waals surface area (Å²) in [6.07, 6.45) is 2.96. The molecule has 9 heteroatoms. The molecule has 0 fully saturated rings. The number of hydrogen-bond donors (Lipinski definition) is 2. The highest BCUT2D eigenvalue weighted by Gasteiger charge is 2.38. The largest absolute Gasteiger partial charge is 0.467 e. The van der Waals surface area contributed by atoms with Gasteiger partial charge in [-0.25, -0.2) is 14.6 Å². The van der Waals surface area contributed by atoms with Gasteiger partial charge in [-0.3, -0.25) is 4.79 Å². The molecule has 2 N–H and O–H groups in total. The Labute approximate surface area is 252 Å². The molecule has 9 nitrogen and oxygen atoms in total. The lowest BCUT2D eigenvalue weighted by molar-refractivity contribution is -0.145. The highest BCUT2D eigenvalue weighted by atomic mass is 16.6. The van der Waals surface area contributed by atoms with Crippen LogP contribution in [0.3, 0.4) is 0 Å². The van der Waals surface area contributed by atoms with Crippen LogP contribution in [0.1, 0.15) is 50.1 Å². The number of alkyl carbamates (subject to hydrolysis) is 1. The SMILES string of the molecule is COC(=O)[C@H](Cc1cn(C(c2ccccc2)(c2ccccc2)c2ccccc2)cn1)NC(=O)[C@H](C)NC(=O)OC(C)(C)C. The van der Waals surface area contributed by atoms with Crippen LogP contribution in [0.2, 0.25) is 0 Å². The summed E-state index contributed by atoms with van der Waals surface area (Å²) >= 11 is 0. The van der Waals surface area contributed by atoms with Crippen LogP contribution in [0, 0.1) is 0 Å². The number of imidazole rings is 1. The molecule has 0 spiro atoms. The average molecular weight is 583 g/mol. The van der Waals surface area contributed by atoms with Crippen molar-refractivity contribution in [3.05, 3.63) is 126 Å². The lowest BCUT2D eigenvalue weighted by Gasteiger charge is -2.37. The van der Waals surface area contributed by atoms with E-state index in [0.717, 1.165) is 16.7 Å². The Kier molecular flexibility index (Phi) is 9.65. The maximum atomic E-state index is 13.0. The summed E-state index contributed by atoms with van der Waals surface area (Å²) < 4.78 is 12.3. The number of methoxy groups -OCH3 is 1. The van der Waals surface area contributed by atoms with E-state index in [4.69, 9.17) is 9.47 Å². The van der Waals surface area contributed by atoms with Gasteiger partial charge in [0.1, 0.15) is 23.2 Å². The predicted molar refractivity (Wildman–Crippen MR) is 163 cm³/mol. The molecular formula is C34H38N4O5. The van der Waals surface area contributed by atoms with Crippen LogP contribution in [0.5, 0.6) is 0 Å². The minimum Gasteiger partial charge on any atom is -0.467 e. The first-order valence-electron chi connectivity index (χ1n) is 14.1. The molecule has 4 aromatic rings. The van der Waals surface area contributed by atoms with E-state index in [1.54, 1.807) is 27.1 Å². The van der Waals surface area contributed by atoms with Crippen molar-refractivity contribution in [1.82, 2.24) is 20.2 Å². The topological polar surface area (TPSA) is 112 Å². The Balaban J connectivity index is 1.67. The third-order valence-corrected chi connectivity index (χ3v) is 6.94. The molecule has 0 saturated heterocycles. The van der Waals surface area contributed by atoms with Crippen LogP contribution in [0.25, 0.3) is 0 Å². The normalized spacial score (nSPS) is 13.0. The molecule has 0 radical (unpaired) electrons. The molecule has 4 rings (SSSR count). The second-order valence-electron chi connectivity index (χ2n) is 11.2. The zero-order valence-electron chi connectivity index (χ0n) is 25.1. The quantitative estimate of drug-likeness (QED) is 0.205. The molecule has 1 heterocycles. The Bertz CT molecular complexity index is 1420. The number of nitrogens with one attached hydrogen (secondary N) is 2. The number of benzene rings is 3. The number of hydrogen-bond acceptors (Lipinski definition) is 6. The van der Waals surface area contributed by atoms with Gasteiger partial charge in [0.05, 0.1) is 19.1 Å². The number of aromatic nitrogens is 2. The molecule has 0 unspecified atom stereocenters. The smallest absolute Gasteiger partial charge is 0.408 e. The van der Waals surface area contributed by atoms with Crippen molar-refractivity contribution < 1.29 is 23.9 Å². The van der Waals surface area contributed by atoms with Crippen molar-refractivity contribution >= 4 is 18.0 Å². The van der Waals surface area contributed by atoms with Gasteiger partial charge < -0.3 is 24.7 Å². The summed E-state index contributed by atoms with van der Waals surface area (Å²) in [7, 11) is 1.26. The van der Waals surface area contributed by atoms with Gasteiger partial charge in [-0.1, -0.05) is 91.0 Å². The van der Waals surface area contributed by atoms with Crippen molar-refractivity contribution in [2.24, 2.45) is 0 Å². The number of esters is 1. The fraction of sp³-hybridized carbons (Fsp3) is 0.294. The van der Waals surface area contributed by atoms with Gasteiger partial charge >= 0.3 is 12.1 Å². The lowest BCUT2D eigenvalue weighted by atomic mass is 9.77. The molecule has 3 aromatic carbocycles. The van der Waals surface area contributed by atoms with Gasteiger partial charge in [0, 0.05) is 12.6 Å². The van der Waals surface area contributed by atoms with Crippen LogP contribution in [0.15, 0.2) is 104 Å². The molecule has 43 heavy (non-hydrogen) atoms. The summed E-state index contributed by atoms with van der Waals surface area (Å²) in [5, 5.41) is 5.19. The van der Waals surface area contributed by atoms with Crippen molar-refractivity contribution in [3.8, 4) is 0 Å². The first-order chi connectivity index (χ1) is 20.5. The molecule has 0 aliphatic carbocycles. The Hall–Kier alpha value is -4.92. The van der Waals surface area contributed by atoms with Gasteiger partial charge in [0.2, 0.25) is 5.91 Å². The number of rotatable bonds is 10. The van der Waals surface area contributed by atoms with E-state index in [2.05, 4.69) is 52.0 Å². The van der Waals surface area contributed by atoms with Gasteiger partial charge in [-0.05, 0) is 44.4 Å². The van der Waals surface area contributed by atoms with Crippen LogP contribution >= 0.6 is 0 Å². The van der Waals surface area contributed by atoms with Crippen LogP contribution in [0.4, 0.5) is 4.79 Å². The monoisotopic (exact) mass is 582 g/mol. The van der Waals surface area contributed by atoms with Gasteiger partial charge in [0.25, 0.3) is 0 Å². The van der Waals surface area contributed by atoms with E-state index in [1.807, 2.05) is 65.4 Å².